The molecular formula is C13H18N2. The molecule has 1 fully saturated rings. The Kier molecular flexibility index (Phi) is 2.45. The van der Waals surface area contributed by atoms with Crippen LogP contribution in [0.25, 0.3) is 0 Å². The molecule has 1 aromatic rings. The summed E-state index contributed by atoms with van der Waals surface area (Å²) < 4.78 is 0. The average molecular weight is 202 g/mol. The van der Waals surface area contributed by atoms with E-state index in [1.807, 2.05) is 0 Å². The minimum atomic E-state index is 0.796. The second kappa shape index (κ2) is 3.93. The molecule has 2 aliphatic rings. The van der Waals surface area contributed by atoms with Crippen LogP contribution < -0.4 is 5.32 Å². The van der Waals surface area contributed by atoms with Gasteiger partial charge in [0, 0.05) is 31.4 Å². The van der Waals surface area contributed by atoms with Crippen molar-refractivity contribution in [2.45, 2.75) is 44.6 Å². The molecule has 0 unspecified atom stereocenters. The number of nitrogens with zero attached hydrogens (tertiary/aromatic N) is 1. The number of hydrogen-bond acceptors (Lipinski definition) is 2. The third-order valence-electron chi connectivity index (χ3n) is 3.76. The van der Waals surface area contributed by atoms with Gasteiger partial charge in [-0.05, 0) is 29.9 Å². The molecule has 1 N–H and O–H groups in total. The molecule has 80 valence electrons. The van der Waals surface area contributed by atoms with Crippen LogP contribution in [0.2, 0.25) is 0 Å². The van der Waals surface area contributed by atoms with Crippen LogP contribution >= 0.6 is 0 Å². The molecule has 0 aromatic carbocycles. The first kappa shape index (κ1) is 9.34. The quantitative estimate of drug-likeness (QED) is 0.756. The zero-order chi connectivity index (χ0) is 10.1. The van der Waals surface area contributed by atoms with E-state index in [0.29, 0.717) is 0 Å². The van der Waals surface area contributed by atoms with Gasteiger partial charge in [-0.15, -0.1) is 0 Å². The van der Waals surface area contributed by atoms with Crippen LogP contribution in [0.3, 0.4) is 0 Å². The summed E-state index contributed by atoms with van der Waals surface area (Å²) >= 11 is 0. The van der Waals surface area contributed by atoms with Gasteiger partial charge in [0.25, 0.3) is 0 Å². The summed E-state index contributed by atoms with van der Waals surface area (Å²) in [5.41, 5.74) is 4.23. The molecule has 0 radical (unpaired) electrons. The van der Waals surface area contributed by atoms with Crippen molar-refractivity contribution in [1.82, 2.24) is 10.3 Å². The summed E-state index contributed by atoms with van der Waals surface area (Å²) in [6.07, 6.45) is 8.77. The number of rotatable bonds is 1. The second-order valence-electron chi connectivity index (χ2n) is 4.78. The Labute approximate surface area is 91.1 Å². The summed E-state index contributed by atoms with van der Waals surface area (Å²) in [4.78, 5) is 4.62. The maximum Gasteiger partial charge on any atom is 0.0461 e. The van der Waals surface area contributed by atoms with Crippen molar-refractivity contribution < 1.29 is 0 Å². The SMILES string of the molecule is c1nc2c(cc1C1CCCC1)CNCC2. The summed E-state index contributed by atoms with van der Waals surface area (Å²) in [6.45, 7) is 2.10. The summed E-state index contributed by atoms with van der Waals surface area (Å²) in [6, 6.07) is 2.39. The molecule has 1 aromatic heterocycles. The van der Waals surface area contributed by atoms with Crippen LogP contribution in [-0.2, 0) is 13.0 Å². The highest BCUT2D eigenvalue weighted by Gasteiger charge is 2.19. The highest BCUT2D eigenvalue weighted by atomic mass is 14.9. The van der Waals surface area contributed by atoms with Gasteiger partial charge in [0.05, 0.1) is 0 Å². The predicted molar refractivity (Wildman–Crippen MR) is 60.9 cm³/mol. The van der Waals surface area contributed by atoms with Crippen molar-refractivity contribution >= 4 is 0 Å². The highest BCUT2D eigenvalue weighted by Crippen LogP contribution is 2.34. The lowest BCUT2D eigenvalue weighted by molar-refractivity contribution is 0.623. The molecule has 1 aliphatic heterocycles. The van der Waals surface area contributed by atoms with E-state index >= 15 is 0 Å². The third kappa shape index (κ3) is 1.78. The van der Waals surface area contributed by atoms with Crippen molar-refractivity contribution in [3.05, 3.63) is 29.1 Å². The standard InChI is InChI=1S/C13H18N2/c1-2-4-10(3-1)11-7-12-8-14-6-5-13(12)15-9-11/h7,9-10,14H,1-6,8H2. The zero-order valence-electron chi connectivity index (χ0n) is 9.13. The van der Waals surface area contributed by atoms with E-state index in [9.17, 15) is 0 Å². The minimum absolute atomic E-state index is 0.796. The van der Waals surface area contributed by atoms with Crippen LogP contribution in [-0.4, -0.2) is 11.5 Å². The van der Waals surface area contributed by atoms with Crippen LogP contribution in [0.4, 0.5) is 0 Å². The highest BCUT2D eigenvalue weighted by molar-refractivity contribution is 5.29. The molecule has 0 saturated heterocycles. The number of pyridine rings is 1. The van der Waals surface area contributed by atoms with Gasteiger partial charge in [-0.25, -0.2) is 0 Å². The Hall–Kier alpha value is -0.890. The van der Waals surface area contributed by atoms with E-state index in [4.69, 9.17) is 0 Å². The van der Waals surface area contributed by atoms with Gasteiger partial charge in [-0.3, -0.25) is 4.98 Å². The molecular weight excluding hydrogens is 184 g/mol. The van der Waals surface area contributed by atoms with E-state index in [0.717, 1.165) is 25.4 Å². The molecule has 0 amide bonds. The fraction of sp³-hybridized carbons (Fsp3) is 0.615. The molecule has 1 aliphatic carbocycles. The van der Waals surface area contributed by atoms with Gasteiger partial charge in [-0.2, -0.15) is 0 Å². The fourth-order valence-electron chi connectivity index (χ4n) is 2.85. The maximum absolute atomic E-state index is 4.62. The van der Waals surface area contributed by atoms with Gasteiger partial charge < -0.3 is 5.32 Å². The van der Waals surface area contributed by atoms with E-state index in [1.54, 1.807) is 0 Å². The molecule has 2 heterocycles. The molecule has 15 heavy (non-hydrogen) atoms. The lowest BCUT2D eigenvalue weighted by Crippen LogP contribution is -2.24. The molecule has 0 atom stereocenters. The fourth-order valence-corrected chi connectivity index (χ4v) is 2.85. The van der Waals surface area contributed by atoms with E-state index in [1.165, 1.54) is 42.5 Å². The van der Waals surface area contributed by atoms with Crippen LogP contribution in [0.5, 0.6) is 0 Å². The van der Waals surface area contributed by atoms with Gasteiger partial charge in [0.1, 0.15) is 0 Å². The normalized spacial score (nSPS) is 21.6. The van der Waals surface area contributed by atoms with E-state index in [2.05, 4.69) is 22.6 Å². The molecule has 2 heteroatoms. The van der Waals surface area contributed by atoms with Gasteiger partial charge in [0.2, 0.25) is 0 Å². The lowest BCUT2D eigenvalue weighted by Gasteiger charge is -2.18. The molecule has 0 spiro atoms. The summed E-state index contributed by atoms with van der Waals surface area (Å²) in [7, 11) is 0. The van der Waals surface area contributed by atoms with Crippen molar-refractivity contribution in [3.63, 3.8) is 0 Å². The predicted octanol–water partition coefficient (Wildman–Crippen LogP) is 2.38. The molecule has 0 bridgehead atoms. The third-order valence-corrected chi connectivity index (χ3v) is 3.76. The Balaban J connectivity index is 1.89. The van der Waals surface area contributed by atoms with Gasteiger partial charge in [0.15, 0.2) is 0 Å². The first-order valence-electron chi connectivity index (χ1n) is 6.12. The molecule has 2 nitrogen and oxygen atoms in total. The van der Waals surface area contributed by atoms with Gasteiger partial charge in [-0.1, -0.05) is 18.9 Å². The number of nitrogens with one attached hydrogen (secondary N) is 1. The maximum atomic E-state index is 4.62. The van der Waals surface area contributed by atoms with E-state index in [-0.39, 0.29) is 0 Å². The topological polar surface area (TPSA) is 24.9 Å². The first-order chi connectivity index (χ1) is 7.43. The summed E-state index contributed by atoms with van der Waals surface area (Å²) in [5.74, 6) is 0.796. The van der Waals surface area contributed by atoms with E-state index < -0.39 is 0 Å². The Morgan fingerprint density at radius 2 is 2.13 bits per heavy atom. The van der Waals surface area contributed by atoms with Crippen LogP contribution in [0.1, 0.15) is 48.4 Å². The van der Waals surface area contributed by atoms with Crippen molar-refractivity contribution in [1.29, 1.82) is 0 Å². The monoisotopic (exact) mass is 202 g/mol. The lowest BCUT2D eigenvalue weighted by atomic mass is 9.96. The second-order valence-corrected chi connectivity index (χ2v) is 4.78. The van der Waals surface area contributed by atoms with Crippen LogP contribution in [0, 0.1) is 0 Å². The smallest absolute Gasteiger partial charge is 0.0461 e. The van der Waals surface area contributed by atoms with Crippen molar-refractivity contribution in [3.8, 4) is 0 Å². The Morgan fingerprint density at radius 3 is 3.00 bits per heavy atom. The largest absolute Gasteiger partial charge is 0.312 e. The van der Waals surface area contributed by atoms with Crippen LogP contribution in [0.15, 0.2) is 12.3 Å². The zero-order valence-corrected chi connectivity index (χ0v) is 9.13. The molecule has 3 rings (SSSR count). The minimum Gasteiger partial charge on any atom is -0.312 e. The first-order valence-corrected chi connectivity index (χ1v) is 6.12. The van der Waals surface area contributed by atoms with Crippen molar-refractivity contribution in [2.75, 3.05) is 6.54 Å². The van der Waals surface area contributed by atoms with Gasteiger partial charge >= 0.3 is 0 Å². The average Bonchev–Trinajstić information content (AvgIpc) is 2.82. The number of hydrogen-bond donors (Lipinski definition) is 1. The molecule has 1 saturated carbocycles. The number of aromatic nitrogens is 1. The Morgan fingerprint density at radius 1 is 1.27 bits per heavy atom. The Bertz CT molecular complexity index is 354. The van der Waals surface area contributed by atoms with Crippen molar-refractivity contribution in [2.24, 2.45) is 0 Å². The number of fused-ring (bicyclic) bond motifs is 1. The summed E-state index contributed by atoms with van der Waals surface area (Å²) in [5, 5.41) is 3.42.